The van der Waals surface area contributed by atoms with E-state index in [0.29, 0.717) is 52.3 Å². The zero-order chi connectivity index (χ0) is 36.6. The van der Waals surface area contributed by atoms with Gasteiger partial charge in [-0.2, -0.15) is 0 Å². The number of esters is 2. The molecule has 0 saturated carbocycles. The van der Waals surface area contributed by atoms with Gasteiger partial charge in [-0.25, -0.2) is 0 Å². The number of carbonyl (C=O) groups is 2. The van der Waals surface area contributed by atoms with Gasteiger partial charge in [0.25, 0.3) is 0 Å². The molecule has 0 radical (unpaired) electrons. The van der Waals surface area contributed by atoms with Gasteiger partial charge in [-0.1, -0.05) is 45.1 Å². The molecule has 0 aliphatic carbocycles. The minimum Gasteiger partial charge on any atom is -0.457 e. The quantitative estimate of drug-likeness (QED) is 0.0601. The summed E-state index contributed by atoms with van der Waals surface area (Å²) in [6, 6.07) is 0. The van der Waals surface area contributed by atoms with Gasteiger partial charge in [-0.05, 0) is 65.5 Å². The normalized spacial score (nSPS) is 31.6. The molecule has 49 heavy (non-hydrogen) atoms. The first-order valence-corrected chi connectivity index (χ1v) is 18.0. The van der Waals surface area contributed by atoms with Crippen molar-refractivity contribution in [3.8, 4) is 0 Å². The third-order valence-corrected chi connectivity index (χ3v) is 9.35. The van der Waals surface area contributed by atoms with E-state index in [1.165, 1.54) is 6.92 Å². The summed E-state index contributed by atoms with van der Waals surface area (Å²) in [5.41, 5.74) is -0.854. The van der Waals surface area contributed by atoms with Crippen molar-refractivity contribution in [2.45, 2.75) is 142 Å². The van der Waals surface area contributed by atoms with Crippen molar-refractivity contribution in [3.63, 3.8) is 0 Å². The number of cyclic esters (lactones) is 1. The third kappa shape index (κ3) is 14.9. The van der Waals surface area contributed by atoms with Crippen LogP contribution in [0.25, 0.3) is 0 Å². The Morgan fingerprint density at radius 2 is 1.80 bits per heavy atom. The molecule has 0 aromatic heterocycles. The molecule has 0 amide bonds. The second-order valence-electron chi connectivity index (χ2n) is 13.7. The van der Waals surface area contributed by atoms with E-state index in [9.17, 15) is 19.8 Å². The number of hydrogen-bond donors (Lipinski definition) is 2. The lowest BCUT2D eigenvalue weighted by molar-refractivity contribution is -0.167. The number of aliphatic hydroxyl groups is 2. The average Bonchev–Trinajstić information content (AvgIpc) is 3.81. The van der Waals surface area contributed by atoms with Crippen LogP contribution >= 0.6 is 0 Å². The van der Waals surface area contributed by atoms with E-state index in [4.69, 9.17) is 33.2 Å². The molecule has 0 spiro atoms. The summed E-state index contributed by atoms with van der Waals surface area (Å²) in [7, 11) is 0. The molecule has 1 fully saturated rings. The zero-order valence-electron chi connectivity index (χ0n) is 31.4. The molecule has 10 unspecified atom stereocenters. The summed E-state index contributed by atoms with van der Waals surface area (Å²) >= 11 is 0. The van der Waals surface area contributed by atoms with Gasteiger partial charge in [-0.15, -0.1) is 0 Å². The zero-order valence-corrected chi connectivity index (χ0v) is 31.4. The Labute approximate surface area is 294 Å². The molecule has 0 aromatic rings. The van der Waals surface area contributed by atoms with Gasteiger partial charge < -0.3 is 43.4 Å². The molecule has 2 aliphatic rings. The predicted molar refractivity (Wildman–Crippen MR) is 187 cm³/mol. The fourth-order valence-corrected chi connectivity index (χ4v) is 6.18. The fourth-order valence-electron chi connectivity index (χ4n) is 6.18. The van der Waals surface area contributed by atoms with Crippen LogP contribution in [0.5, 0.6) is 0 Å². The van der Waals surface area contributed by atoms with Crippen molar-refractivity contribution in [1.82, 2.24) is 0 Å². The number of rotatable bonds is 19. The van der Waals surface area contributed by atoms with Crippen molar-refractivity contribution in [2.24, 2.45) is 11.8 Å². The SMILES string of the molecule is CCOCCOC(C)(/C=C/C=C(\C)C1OC(=O)CC(O)CCC(C)(OCCOCC)C(OC(C)=O)/C=C/C1C)CC1OC1C(C)C(O)CC. The summed E-state index contributed by atoms with van der Waals surface area (Å²) < 4.78 is 41.1. The highest BCUT2D eigenvalue weighted by molar-refractivity contribution is 5.70. The molecule has 2 aliphatic heterocycles. The fraction of sp³-hybridized carbons (Fsp3) is 0.789. The minimum atomic E-state index is -0.965. The maximum absolute atomic E-state index is 13.0. The molecule has 2 N–H and O–H groups in total. The summed E-state index contributed by atoms with van der Waals surface area (Å²) in [6.45, 7) is 19.5. The van der Waals surface area contributed by atoms with E-state index in [1.807, 2.05) is 79.7 Å². The Morgan fingerprint density at radius 1 is 1.12 bits per heavy atom. The number of hydrogen-bond acceptors (Lipinski definition) is 11. The third-order valence-electron chi connectivity index (χ3n) is 9.35. The Hall–Kier alpha value is -2.12. The largest absolute Gasteiger partial charge is 0.457 e. The number of aliphatic hydroxyl groups excluding tert-OH is 2. The molecule has 11 nitrogen and oxygen atoms in total. The van der Waals surface area contributed by atoms with Crippen LogP contribution in [0.2, 0.25) is 0 Å². The van der Waals surface area contributed by atoms with Crippen LogP contribution in [0.15, 0.2) is 36.0 Å². The monoisotopic (exact) mass is 696 g/mol. The number of allylic oxidation sites excluding steroid dienone is 2. The molecule has 2 rings (SSSR count). The maximum atomic E-state index is 13.0. The van der Waals surface area contributed by atoms with Crippen LogP contribution in [0.1, 0.15) is 94.4 Å². The Bertz CT molecular complexity index is 1090. The lowest BCUT2D eigenvalue weighted by Gasteiger charge is -2.37. The van der Waals surface area contributed by atoms with Crippen molar-refractivity contribution in [2.75, 3.05) is 39.6 Å². The molecular formula is C38H64O11. The highest BCUT2D eigenvalue weighted by Gasteiger charge is 2.48. The number of epoxide rings is 1. The smallest absolute Gasteiger partial charge is 0.309 e. The van der Waals surface area contributed by atoms with Crippen molar-refractivity contribution >= 4 is 11.9 Å². The Morgan fingerprint density at radius 3 is 2.43 bits per heavy atom. The van der Waals surface area contributed by atoms with Gasteiger partial charge >= 0.3 is 11.9 Å². The molecule has 11 heteroatoms. The van der Waals surface area contributed by atoms with Crippen molar-refractivity contribution in [1.29, 1.82) is 0 Å². The van der Waals surface area contributed by atoms with E-state index in [0.717, 1.165) is 5.57 Å². The topological polar surface area (TPSA) is 143 Å². The standard InChI is InChI=1S/C38H64O11/c1-10-31(41)28(6)36-32(48-36)25-37(8,45-22-20-43-11-2)18-13-14-26(4)35-27(5)15-16-33(47-29(7)39)38(9,46-23-21-44-12-3)19-17-30(40)24-34(42)49-35/h13-16,18,27-28,30-33,35-36,40-41H,10-12,17,19-25H2,1-9H3/b16-15+,18-13+,26-14+. The van der Waals surface area contributed by atoms with Gasteiger partial charge in [0.05, 0.1) is 62.9 Å². The van der Waals surface area contributed by atoms with Gasteiger partial charge in [0.2, 0.25) is 0 Å². The lowest BCUT2D eigenvalue weighted by atomic mass is 9.88. The summed E-state index contributed by atoms with van der Waals surface area (Å²) in [5, 5.41) is 21.1. The van der Waals surface area contributed by atoms with Crippen LogP contribution in [0.4, 0.5) is 0 Å². The highest BCUT2D eigenvalue weighted by atomic mass is 16.6. The van der Waals surface area contributed by atoms with Crippen LogP contribution in [0, 0.1) is 11.8 Å². The molecule has 2 heterocycles. The first-order valence-electron chi connectivity index (χ1n) is 18.0. The van der Waals surface area contributed by atoms with Gasteiger partial charge in [0.1, 0.15) is 17.8 Å². The molecule has 1 saturated heterocycles. The van der Waals surface area contributed by atoms with Crippen LogP contribution in [0.3, 0.4) is 0 Å². The minimum absolute atomic E-state index is 0.0255. The van der Waals surface area contributed by atoms with Crippen LogP contribution in [-0.2, 0) is 42.7 Å². The molecule has 10 atom stereocenters. The molecular weight excluding hydrogens is 632 g/mol. The summed E-state index contributed by atoms with van der Waals surface area (Å²) in [6.07, 6.45) is 8.28. The first-order chi connectivity index (χ1) is 23.2. The van der Waals surface area contributed by atoms with Gasteiger partial charge in [0, 0.05) is 38.4 Å². The van der Waals surface area contributed by atoms with E-state index in [1.54, 1.807) is 6.08 Å². The first kappa shape index (κ1) is 43.0. The van der Waals surface area contributed by atoms with Gasteiger partial charge in [0.15, 0.2) is 0 Å². The summed E-state index contributed by atoms with van der Waals surface area (Å²) in [5.74, 6) is -1.24. The molecule has 0 aromatic carbocycles. The predicted octanol–water partition coefficient (Wildman–Crippen LogP) is 5.26. The van der Waals surface area contributed by atoms with E-state index in [2.05, 4.69) is 0 Å². The van der Waals surface area contributed by atoms with Crippen molar-refractivity contribution in [3.05, 3.63) is 36.0 Å². The van der Waals surface area contributed by atoms with Crippen molar-refractivity contribution < 1.29 is 53.0 Å². The second-order valence-corrected chi connectivity index (χ2v) is 13.7. The van der Waals surface area contributed by atoms with Gasteiger partial charge in [-0.3, -0.25) is 9.59 Å². The molecule has 0 bridgehead atoms. The highest BCUT2D eigenvalue weighted by Crippen LogP contribution is 2.39. The molecule has 282 valence electrons. The van der Waals surface area contributed by atoms with Crippen LogP contribution in [-0.4, -0.2) is 110 Å². The van der Waals surface area contributed by atoms with Crippen LogP contribution < -0.4 is 0 Å². The Balaban J connectivity index is 2.33. The Kier molecular flexibility index (Phi) is 18.7. The number of carbonyl (C=O) groups excluding carboxylic acids is 2. The lowest BCUT2D eigenvalue weighted by Crippen LogP contribution is -2.45. The maximum Gasteiger partial charge on any atom is 0.309 e. The average molecular weight is 697 g/mol. The van der Waals surface area contributed by atoms with E-state index in [-0.39, 0.29) is 43.5 Å². The summed E-state index contributed by atoms with van der Waals surface area (Å²) in [4.78, 5) is 25.2. The van der Waals surface area contributed by atoms with E-state index >= 15 is 0 Å². The number of ether oxygens (including phenoxy) is 7. The van der Waals surface area contributed by atoms with E-state index < -0.39 is 47.6 Å². The second kappa shape index (κ2) is 21.3.